The van der Waals surface area contributed by atoms with Crippen LogP contribution >= 0.6 is 11.6 Å². The molecule has 0 unspecified atom stereocenters. The Kier molecular flexibility index (Phi) is 5.45. The normalized spacial score (nSPS) is 16.9. The molecule has 0 aromatic heterocycles. The molecule has 0 aliphatic carbocycles. The van der Waals surface area contributed by atoms with E-state index in [-0.39, 0.29) is 4.90 Å². The number of morpholine rings is 1. The number of nitrogens with zero attached hydrogens (tertiary/aromatic N) is 1. The van der Waals surface area contributed by atoms with Gasteiger partial charge in [-0.15, -0.1) is 0 Å². The lowest BCUT2D eigenvalue weighted by atomic mass is 10.2. The second-order valence-electron chi connectivity index (χ2n) is 4.64. The van der Waals surface area contributed by atoms with E-state index in [0.29, 0.717) is 49.2 Å². The van der Waals surface area contributed by atoms with Crippen LogP contribution in [0, 0.1) is 0 Å². The van der Waals surface area contributed by atoms with Crippen molar-refractivity contribution in [1.82, 2.24) is 9.62 Å². The molecule has 1 fully saturated rings. The molecule has 21 heavy (non-hydrogen) atoms. The molecule has 0 spiro atoms. The molecule has 1 aliphatic heterocycles. The number of rotatable bonds is 5. The first-order valence-corrected chi connectivity index (χ1v) is 8.41. The summed E-state index contributed by atoms with van der Waals surface area (Å²) in [6.07, 6.45) is 0. The van der Waals surface area contributed by atoms with Crippen LogP contribution in [0.25, 0.3) is 0 Å². The molecule has 0 saturated carbocycles. The minimum atomic E-state index is -3.65. The van der Waals surface area contributed by atoms with Crippen LogP contribution in [0.2, 0.25) is 5.02 Å². The smallest absolute Gasteiger partial charge is 0.246 e. The van der Waals surface area contributed by atoms with Crippen LogP contribution in [-0.4, -0.2) is 53.2 Å². The predicted octanol–water partition coefficient (Wildman–Crippen LogP) is 1.09. The second kappa shape index (κ2) is 6.93. The van der Waals surface area contributed by atoms with E-state index in [9.17, 15) is 8.42 Å². The summed E-state index contributed by atoms with van der Waals surface area (Å²) in [4.78, 5) is 0.102. The lowest BCUT2D eigenvalue weighted by Crippen LogP contribution is -2.40. The number of nitrogens with one attached hydrogen (secondary N) is 1. The van der Waals surface area contributed by atoms with Gasteiger partial charge < -0.3 is 14.8 Å². The number of ether oxygens (including phenoxy) is 2. The number of hydrogen-bond donors (Lipinski definition) is 1. The number of sulfonamides is 1. The van der Waals surface area contributed by atoms with Gasteiger partial charge >= 0.3 is 0 Å². The zero-order valence-corrected chi connectivity index (χ0v) is 13.6. The third-order valence-corrected chi connectivity index (χ3v) is 5.38. The summed E-state index contributed by atoms with van der Waals surface area (Å²) in [5.41, 5.74) is 0.708. The highest BCUT2D eigenvalue weighted by Crippen LogP contribution is 2.33. The fourth-order valence-corrected chi connectivity index (χ4v) is 4.23. The highest BCUT2D eigenvalue weighted by atomic mass is 35.5. The van der Waals surface area contributed by atoms with Crippen molar-refractivity contribution in [2.75, 3.05) is 40.5 Å². The van der Waals surface area contributed by atoms with Gasteiger partial charge in [0.05, 0.1) is 20.3 Å². The topological polar surface area (TPSA) is 67.9 Å². The Morgan fingerprint density at radius 3 is 2.62 bits per heavy atom. The van der Waals surface area contributed by atoms with Gasteiger partial charge in [0.15, 0.2) is 0 Å². The summed E-state index contributed by atoms with van der Waals surface area (Å²) in [6, 6.07) is 3.14. The quantitative estimate of drug-likeness (QED) is 0.873. The van der Waals surface area contributed by atoms with Gasteiger partial charge in [0.25, 0.3) is 0 Å². The van der Waals surface area contributed by atoms with E-state index < -0.39 is 10.0 Å². The molecule has 6 nitrogen and oxygen atoms in total. The summed E-state index contributed by atoms with van der Waals surface area (Å²) in [7, 11) is -0.419. The molecule has 1 aromatic carbocycles. The highest BCUT2D eigenvalue weighted by molar-refractivity contribution is 7.89. The first-order chi connectivity index (χ1) is 10.0. The molecule has 0 atom stereocenters. The lowest BCUT2D eigenvalue weighted by Gasteiger charge is -2.27. The van der Waals surface area contributed by atoms with Gasteiger partial charge in [-0.3, -0.25) is 0 Å². The van der Waals surface area contributed by atoms with E-state index in [2.05, 4.69) is 5.32 Å². The summed E-state index contributed by atoms with van der Waals surface area (Å²) < 4.78 is 37.5. The molecule has 2 rings (SSSR count). The second-order valence-corrected chi connectivity index (χ2v) is 6.99. The molecule has 1 heterocycles. The van der Waals surface area contributed by atoms with Crippen molar-refractivity contribution in [3.05, 3.63) is 22.7 Å². The van der Waals surface area contributed by atoms with E-state index >= 15 is 0 Å². The molecule has 1 N–H and O–H groups in total. The minimum absolute atomic E-state index is 0.102. The van der Waals surface area contributed by atoms with E-state index in [4.69, 9.17) is 21.1 Å². The average Bonchev–Trinajstić information content (AvgIpc) is 2.48. The Labute approximate surface area is 130 Å². The molecule has 0 radical (unpaired) electrons. The van der Waals surface area contributed by atoms with E-state index in [1.807, 2.05) is 0 Å². The van der Waals surface area contributed by atoms with Crippen LogP contribution in [-0.2, 0) is 21.3 Å². The maximum absolute atomic E-state index is 12.8. The van der Waals surface area contributed by atoms with Crippen LogP contribution in [0.4, 0.5) is 0 Å². The van der Waals surface area contributed by atoms with Gasteiger partial charge in [-0.1, -0.05) is 11.6 Å². The SMILES string of the molecule is CNCc1cc(Cl)cc(S(=O)(=O)N2CCOCC2)c1OC. The number of methoxy groups -OCH3 is 1. The maximum Gasteiger partial charge on any atom is 0.246 e. The summed E-state index contributed by atoms with van der Waals surface area (Å²) >= 11 is 6.07. The van der Waals surface area contributed by atoms with Crippen molar-refractivity contribution in [2.45, 2.75) is 11.4 Å². The standard InChI is InChI=1S/C13H19ClN2O4S/c1-15-9-10-7-11(14)8-12(13(10)19-2)21(17,18)16-3-5-20-6-4-16/h7-8,15H,3-6,9H2,1-2H3. The average molecular weight is 335 g/mol. The summed E-state index contributed by atoms with van der Waals surface area (Å²) in [5, 5.41) is 3.35. The Hall–Kier alpha value is -0.860. The number of benzene rings is 1. The van der Waals surface area contributed by atoms with Gasteiger partial charge in [0.2, 0.25) is 10.0 Å². The zero-order valence-electron chi connectivity index (χ0n) is 12.1. The van der Waals surface area contributed by atoms with Crippen LogP contribution < -0.4 is 10.1 Å². The Bertz CT molecular complexity index is 600. The fourth-order valence-electron chi connectivity index (χ4n) is 2.29. The van der Waals surface area contributed by atoms with Crippen molar-refractivity contribution in [2.24, 2.45) is 0 Å². The van der Waals surface area contributed by atoms with Crippen LogP contribution in [0.1, 0.15) is 5.56 Å². The molecule has 1 saturated heterocycles. The molecule has 0 bridgehead atoms. The van der Waals surface area contributed by atoms with Gasteiger partial charge in [0, 0.05) is 30.2 Å². The van der Waals surface area contributed by atoms with E-state index in [1.54, 1.807) is 13.1 Å². The van der Waals surface area contributed by atoms with Crippen LogP contribution in [0.5, 0.6) is 5.75 Å². The molecule has 1 aliphatic rings. The third-order valence-electron chi connectivity index (χ3n) is 3.26. The molecule has 0 amide bonds. The van der Waals surface area contributed by atoms with E-state index in [0.717, 1.165) is 0 Å². The van der Waals surface area contributed by atoms with Gasteiger partial charge in [-0.25, -0.2) is 8.42 Å². The van der Waals surface area contributed by atoms with Crippen molar-refractivity contribution in [3.63, 3.8) is 0 Å². The van der Waals surface area contributed by atoms with Crippen molar-refractivity contribution < 1.29 is 17.9 Å². The number of hydrogen-bond acceptors (Lipinski definition) is 5. The Balaban J connectivity index is 2.50. The summed E-state index contributed by atoms with van der Waals surface area (Å²) in [6.45, 7) is 1.92. The zero-order chi connectivity index (χ0) is 15.5. The molecular weight excluding hydrogens is 316 g/mol. The third kappa shape index (κ3) is 3.49. The molecule has 118 valence electrons. The van der Waals surface area contributed by atoms with Gasteiger partial charge in [0.1, 0.15) is 10.6 Å². The summed E-state index contributed by atoms with van der Waals surface area (Å²) in [5.74, 6) is 0.334. The van der Waals surface area contributed by atoms with Crippen LogP contribution in [0.3, 0.4) is 0 Å². The monoisotopic (exact) mass is 334 g/mol. The molecule has 1 aromatic rings. The lowest BCUT2D eigenvalue weighted by molar-refractivity contribution is 0.0729. The van der Waals surface area contributed by atoms with Gasteiger partial charge in [-0.05, 0) is 19.2 Å². The first kappa shape index (κ1) is 16.5. The van der Waals surface area contributed by atoms with Crippen molar-refractivity contribution in [1.29, 1.82) is 0 Å². The van der Waals surface area contributed by atoms with Gasteiger partial charge in [-0.2, -0.15) is 4.31 Å². The first-order valence-electron chi connectivity index (χ1n) is 6.59. The fraction of sp³-hybridized carbons (Fsp3) is 0.538. The van der Waals surface area contributed by atoms with Crippen molar-refractivity contribution >= 4 is 21.6 Å². The molecule has 8 heteroatoms. The Morgan fingerprint density at radius 2 is 2.05 bits per heavy atom. The predicted molar refractivity (Wildman–Crippen MR) is 80.3 cm³/mol. The Morgan fingerprint density at radius 1 is 1.38 bits per heavy atom. The molecular formula is C13H19ClN2O4S. The van der Waals surface area contributed by atoms with E-state index in [1.165, 1.54) is 17.5 Å². The highest BCUT2D eigenvalue weighted by Gasteiger charge is 2.30. The maximum atomic E-state index is 12.8. The number of halogens is 1. The van der Waals surface area contributed by atoms with Crippen molar-refractivity contribution in [3.8, 4) is 5.75 Å². The largest absolute Gasteiger partial charge is 0.495 e. The minimum Gasteiger partial charge on any atom is -0.495 e. The van der Waals surface area contributed by atoms with Crippen LogP contribution in [0.15, 0.2) is 17.0 Å².